The number of Topliss-reactive ketones (excluding diaryl/α,β-unsaturated/α-hetero) is 1. The lowest BCUT2D eigenvalue weighted by Crippen LogP contribution is -2.59. The molecular weight excluding hydrogens is 452 g/mol. The number of hydrogen-bond acceptors (Lipinski definition) is 5. The number of nitrogens with zero attached hydrogens (tertiary/aromatic N) is 4. The summed E-state index contributed by atoms with van der Waals surface area (Å²) in [6.07, 6.45) is 9.66. The van der Waals surface area contributed by atoms with E-state index in [1.54, 1.807) is 17.3 Å². The maximum atomic E-state index is 13.7. The third-order valence-corrected chi connectivity index (χ3v) is 8.96. The predicted molar refractivity (Wildman–Crippen MR) is 138 cm³/mol. The van der Waals surface area contributed by atoms with Gasteiger partial charge in [0.2, 0.25) is 0 Å². The van der Waals surface area contributed by atoms with Crippen molar-refractivity contribution in [3.8, 4) is 0 Å². The number of carbonyl (C=O) groups is 2. The van der Waals surface area contributed by atoms with Crippen molar-refractivity contribution in [2.45, 2.75) is 68.0 Å². The van der Waals surface area contributed by atoms with Crippen molar-refractivity contribution in [3.05, 3.63) is 66.0 Å². The van der Waals surface area contributed by atoms with Gasteiger partial charge in [-0.15, -0.1) is 0 Å². The van der Waals surface area contributed by atoms with E-state index in [-0.39, 0.29) is 35.9 Å². The van der Waals surface area contributed by atoms with Gasteiger partial charge in [0.05, 0.1) is 24.2 Å². The van der Waals surface area contributed by atoms with E-state index in [0.717, 1.165) is 50.5 Å². The normalized spacial score (nSPS) is 27.5. The Labute approximate surface area is 214 Å². The Hall–Kier alpha value is -2.77. The quantitative estimate of drug-likeness (QED) is 0.612. The monoisotopic (exact) mass is 490 g/mol. The fraction of sp³-hybridized carbons (Fsp3) is 0.552. The van der Waals surface area contributed by atoms with Crippen LogP contribution in [-0.2, 0) is 16.8 Å². The van der Waals surface area contributed by atoms with Gasteiger partial charge in [-0.1, -0.05) is 36.4 Å². The Kier molecular flexibility index (Phi) is 6.64. The number of hydrogen-bond donors (Lipinski definition) is 1. The summed E-state index contributed by atoms with van der Waals surface area (Å²) in [6, 6.07) is 14.3. The van der Waals surface area contributed by atoms with E-state index >= 15 is 0 Å². The van der Waals surface area contributed by atoms with Crippen LogP contribution in [0.1, 0.15) is 56.1 Å². The number of ketones is 1. The smallest absolute Gasteiger partial charge is 0.321 e. The van der Waals surface area contributed by atoms with E-state index in [1.807, 2.05) is 23.1 Å². The van der Waals surface area contributed by atoms with Crippen molar-refractivity contribution in [3.63, 3.8) is 0 Å². The second-order valence-corrected chi connectivity index (χ2v) is 11.4. The largest absolute Gasteiger partial charge is 0.388 e. The maximum Gasteiger partial charge on any atom is 0.321 e. The highest BCUT2D eigenvalue weighted by molar-refractivity contribution is 5.88. The summed E-state index contributed by atoms with van der Waals surface area (Å²) in [5.74, 6) is 0.0124. The van der Waals surface area contributed by atoms with Crippen LogP contribution in [0.25, 0.3) is 0 Å². The van der Waals surface area contributed by atoms with Gasteiger partial charge >= 0.3 is 6.03 Å². The van der Waals surface area contributed by atoms with Crippen LogP contribution in [0.15, 0.2) is 54.9 Å². The van der Waals surface area contributed by atoms with Gasteiger partial charge in [-0.2, -0.15) is 0 Å². The lowest BCUT2D eigenvalue weighted by Gasteiger charge is -2.52. The number of aliphatic hydroxyl groups is 1. The number of benzene rings is 1. The summed E-state index contributed by atoms with van der Waals surface area (Å²) in [6.45, 7) is 1.00. The zero-order chi connectivity index (χ0) is 25.4. The molecule has 2 amide bonds. The topological polar surface area (TPSA) is 77.0 Å². The molecule has 1 aliphatic heterocycles. The van der Waals surface area contributed by atoms with Gasteiger partial charge in [-0.25, -0.2) is 4.79 Å². The number of urea groups is 1. The summed E-state index contributed by atoms with van der Waals surface area (Å²) >= 11 is 0. The van der Waals surface area contributed by atoms with E-state index in [4.69, 9.17) is 0 Å². The second-order valence-electron chi connectivity index (χ2n) is 11.4. The summed E-state index contributed by atoms with van der Waals surface area (Å²) < 4.78 is 0. The Morgan fingerprint density at radius 1 is 1.03 bits per heavy atom. The van der Waals surface area contributed by atoms with Crippen LogP contribution in [-0.4, -0.2) is 81.5 Å². The fourth-order valence-electron chi connectivity index (χ4n) is 6.58. The molecule has 1 saturated heterocycles. The molecule has 0 radical (unpaired) electrons. The molecule has 2 saturated carbocycles. The zero-order valence-electron chi connectivity index (χ0n) is 21.5. The average Bonchev–Trinajstić information content (AvgIpc) is 3.09. The molecule has 2 aromatic rings. The van der Waals surface area contributed by atoms with E-state index in [0.29, 0.717) is 13.1 Å². The predicted octanol–water partition coefficient (Wildman–Crippen LogP) is 3.62. The van der Waals surface area contributed by atoms with Crippen molar-refractivity contribution in [1.29, 1.82) is 0 Å². The van der Waals surface area contributed by atoms with Gasteiger partial charge in [0, 0.05) is 30.9 Å². The van der Waals surface area contributed by atoms with Crippen molar-refractivity contribution in [2.24, 2.45) is 0 Å². The van der Waals surface area contributed by atoms with Crippen molar-refractivity contribution >= 4 is 11.8 Å². The number of β-amino-alcohol motifs (C(OH)–C–C–N with tert-alkyl or cyclic N) is 1. The van der Waals surface area contributed by atoms with Crippen LogP contribution in [0.3, 0.4) is 0 Å². The van der Waals surface area contributed by atoms with Crippen molar-refractivity contribution in [2.75, 3.05) is 33.7 Å². The third kappa shape index (κ3) is 4.55. The Balaban J connectivity index is 1.37. The third-order valence-electron chi connectivity index (χ3n) is 8.96. The van der Waals surface area contributed by atoms with Crippen molar-refractivity contribution in [1.82, 2.24) is 19.7 Å². The average molecular weight is 491 g/mol. The van der Waals surface area contributed by atoms with E-state index in [2.05, 4.69) is 48.2 Å². The lowest BCUT2D eigenvalue weighted by molar-refractivity contribution is -0.119. The number of pyridine rings is 1. The van der Waals surface area contributed by atoms with Crippen LogP contribution in [0.5, 0.6) is 0 Å². The van der Waals surface area contributed by atoms with Gasteiger partial charge < -0.3 is 14.9 Å². The highest BCUT2D eigenvalue weighted by Gasteiger charge is 2.56. The number of rotatable bonds is 8. The summed E-state index contributed by atoms with van der Waals surface area (Å²) in [4.78, 5) is 36.7. The number of aromatic nitrogens is 1. The molecule has 0 bridgehead atoms. The SMILES string of the molecule is CN(C)C1(c2ccccc2)CCC2(CC1)CN(CC(=O)Cc1cccnc1)C(=O)N2CC1(O)CCC1. The number of amides is 2. The minimum atomic E-state index is -0.798. The minimum Gasteiger partial charge on any atom is -0.388 e. The standard InChI is InChI=1S/C29H38N4O3/c1-31(2)29(24-9-4-3-5-10-24)15-13-27(14-16-29)21-32(20-25(34)18-23-8-6-17-30-19-23)26(35)33(27)22-28(36)11-7-12-28/h3-6,8-10,17,19,36H,7,11-16,18,20-22H2,1-2H3. The van der Waals surface area contributed by atoms with E-state index in [9.17, 15) is 14.7 Å². The van der Waals surface area contributed by atoms with Gasteiger partial charge in [0.1, 0.15) is 0 Å². The first-order valence-electron chi connectivity index (χ1n) is 13.2. The molecule has 2 heterocycles. The first-order valence-corrected chi connectivity index (χ1v) is 13.2. The first kappa shape index (κ1) is 24.9. The molecule has 3 aliphatic rings. The first-order chi connectivity index (χ1) is 17.3. The van der Waals surface area contributed by atoms with Gasteiger partial charge in [-0.05, 0) is 76.2 Å². The minimum absolute atomic E-state index is 0.0124. The Morgan fingerprint density at radius 3 is 2.33 bits per heavy atom. The highest BCUT2D eigenvalue weighted by Crippen LogP contribution is 2.50. The summed E-state index contributed by atoms with van der Waals surface area (Å²) in [5.41, 5.74) is 0.930. The lowest BCUT2D eigenvalue weighted by atomic mass is 9.67. The highest BCUT2D eigenvalue weighted by atomic mass is 16.3. The molecule has 3 fully saturated rings. The molecule has 1 aromatic carbocycles. The molecule has 2 aliphatic carbocycles. The van der Waals surface area contributed by atoms with Crippen LogP contribution in [0, 0.1) is 0 Å². The van der Waals surface area contributed by atoms with Crippen molar-refractivity contribution < 1.29 is 14.7 Å². The molecule has 5 rings (SSSR count). The van der Waals surface area contributed by atoms with E-state index in [1.165, 1.54) is 5.56 Å². The molecule has 7 nitrogen and oxygen atoms in total. The molecule has 1 spiro atoms. The van der Waals surface area contributed by atoms with Gasteiger partial charge in [-0.3, -0.25) is 14.7 Å². The molecular formula is C29H38N4O3. The zero-order valence-corrected chi connectivity index (χ0v) is 21.5. The molecule has 0 atom stereocenters. The van der Waals surface area contributed by atoms with Crippen LogP contribution < -0.4 is 0 Å². The van der Waals surface area contributed by atoms with Crippen LogP contribution in [0.2, 0.25) is 0 Å². The molecule has 7 heteroatoms. The van der Waals surface area contributed by atoms with Crippen LogP contribution in [0.4, 0.5) is 4.79 Å². The summed E-state index contributed by atoms with van der Waals surface area (Å²) in [5, 5.41) is 11.0. The second kappa shape index (κ2) is 9.60. The summed E-state index contributed by atoms with van der Waals surface area (Å²) in [7, 11) is 4.28. The number of carbonyl (C=O) groups excluding carboxylic acids is 2. The fourth-order valence-corrected chi connectivity index (χ4v) is 6.58. The molecule has 0 unspecified atom stereocenters. The Bertz CT molecular complexity index is 1080. The van der Waals surface area contributed by atoms with Gasteiger partial charge in [0.15, 0.2) is 5.78 Å². The molecule has 192 valence electrons. The Morgan fingerprint density at radius 2 is 1.75 bits per heavy atom. The molecule has 36 heavy (non-hydrogen) atoms. The van der Waals surface area contributed by atoms with E-state index < -0.39 is 5.60 Å². The van der Waals surface area contributed by atoms with Crippen LogP contribution >= 0.6 is 0 Å². The van der Waals surface area contributed by atoms with Gasteiger partial charge in [0.25, 0.3) is 0 Å². The maximum absolute atomic E-state index is 13.7. The molecule has 1 N–H and O–H groups in total. The molecule has 1 aromatic heterocycles.